The molecule has 1 aromatic carbocycles. The SMILES string of the molecule is CCOC(=O)NNC(=O)CCc1ncc(-c2c(F)cccc2F)o1. The Morgan fingerprint density at radius 2 is 1.96 bits per heavy atom. The summed E-state index contributed by atoms with van der Waals surface area (Å²) in [6, 6.07) is 3.45. The Morgan fingerprint density at radius 1 is 1.25 bits per heavy atom. The molecule has 2 rings (SSSR count). The lowest BCUT2D eigenvalue weighted by Gasteiger charge is -2.06. The number of hydrogen-bond acceptors (Lipinski definition) is 5. The van der Waals surface area contributed by atoms with Gasteiger partial charge in [-0.3, -0.25) is 10.2 Å². The third kappa shape index (κ3) is 4.51. The average Bonchev–Trinajstić information content (AvgIpc) is 2.99. The lowest BCUT2D eigenvalue weighted by atomic mass is 10.1. The molecule has 7 nitrogen and oxygen atoms in total. The lowest BCUT2D eigenvalue weighted by Crippen LogP contribution is -2.42. The Morgan fingerprint density at radius 3 is 2.62 bits per heavy atom. The largest absolute Gasteiger partial charge is 0.449 e. The standard InChI is InChI=1S/C15H15F2N3O4/c1-2-23-15(22)20-19-12(21)6-7-13-18-8-11(24-13)14-9(16)4-3-5-10(14)17/h3-5,8H,2,6-7H2,1H3,(H,19,21)(H,20,22). The monoisotopic (exact) mass is 339 g/mol. The molecular formula is C15H15F2N3O4. The van der Waals surface area contributed by atoms with Gasteiger partial charge < -0.3 is 9.15 Å². The van der Waals surface area contributed by atoms with Gasteiger partial charge in [0.05, 0.1) is 18.4 Å². The van der Waals surface area contributed by atoms with Gasteiger partial charge in [-0.2, -0.15) is 0 Å². The fourth-order valence-electron chi connectivity index (χ4n) is 1.85. The van der Waals surface area contributed by atoms with Gasteiger partial charge in [-0.25, -0.2) is 24.0 Å². The summed E-state index contributed by atoms with van der Waals surface area (Å²) >= 11 is 0. The van der Waals surface area contributed by atoms with Crippen LogP contribution in [0.5, 0.6) is 0 Å². The first-order valence-electron chi connectivity index (χ1n) is 7.12. The lowest BCUT2D eigenvalue weighted by molar-refractivity contribution is -0.122. The van der Waals surface area contributed by atoms with Gasteiger partial charge in [-0.05, 0) is 19.1 Å². The number of benzene rings is 1. The van der Waals surface area contributed by atoms with E-state index in [0.29, 0.717) is 0 Å². The molecule has 0 aliphatic heterocycles. The van der Waals surface area contributed by atoms with Gasteiger partial charge in [0.1, 0.15) is 11.6 Å². The topological polar surface area (TPSA) is 93.5 Å². The molecular weight excluding hydrogens is 324 g/mol. The number of aromatic nitrogens is 1. The van der Waals surface area contributed by atoms with E-state index in [1.165, 1.54) is 12.3 Å². The van der Waals surface area contributed by atoms with E-state index < -0.39 is 23.6 Å². The molecule has 9 heteroatoms. The van der Waals surface area contributed by atoms with Crippen molar-refractivity contribution in [2.24, 2.45) is 0 Å². The highest BCUT2D eigenvalue weighted by Gasteiger charge is 2.16. The molecule has 0 spiro atoms. The highest BCUT2D eigenvalue weighted by molar-refractivity contribution is 5.79. The van der Waals surface area contributed by atoms with Crippen molar-refractivity contribution >= 4 is 12.0 Å². The summed E-state index contributed by atoms with van der Waals surface area (Å²) in [5.41, 5.74) is 3.88. The predicted molar refractivity (Wildman–Crippen MR) is 78.5 cm³/mol. The summed E-state index contributed by atoms with van der Waals surface area (Å²) in [6.45, 7) is 1.80. The Hall–Kier alpha value is -2.97. The molecule has 1 heterocycles. The Bertz CT molecular complexity index is 713. The van der Waals surface area contributed by atoms with E-state index in [0.717, 1.165) is 12.1 Å². The zero-order chi connectivity index (χ0) is 17.5. The third-order valence-corrected chi connectivity index (χ3v) is 2.91. The van der Waals surface area contributed by atoms with Crippen LogP contribution in [-0.4, -0.2) is 23.6 Å². The van der Waals surface area contributed by atoms with Gasteiger partial charge in [0.2, 0.25) is 5.91 Å². The van der Waals surface area contributed by atoms with E-state index in [-0.39, 0.29) is 36.7 Å². The maximum atomic E-state index is 13.7. The number of carbonyl (C=O) groups excluding carboxylic acids is 2. The summed E-state index contributed by atoms with van der Waals surface area (Å²) in [5, 5.41) is 0. The van der Waals surface area contributed by atoms with Crippen LogP contribution in [0.15, 0.2) is 28.8 Å². The number of nitrogens with one attached hydrogen (secondary N) is 2. The van der Waals surface area contributed by atoms with Gasteiger partial charge in [0.25, 0.3) is 0 Å². The van der Waals surface area contributed by atoms with Gasteiger partial charge in [-0.15, -0.1) is 0 Å². The molecule has 2 N–H and O–H groups in total. The summed E-state index contributed by atoms with van der Waals surface area (Å²) < 4.78 is 37.1. The molecule has 0 aliphatic rings. The van der Waals surface area contributed by atoms with E-state index in [1.54, 1.807) is 6.92 Å². The first-order chi connectivity index (χ1) is 11.5. The molecule has 0 saturated heterocycles. The van der Waals surface area contributed by atoms with E-state index in [1.807, 2.05) is 0 Å². The van der Waals surface area contributed by atoms with Gasteiger partial charge in [-0.1, -0.05) is 6.07 Å². The summed E-state index contributed by atoms with van der Waals surface area (Å²) in [5.74, 6) is -1.97. The van der Waals surface area contributed by atoms with E-state index in [4.69, 9.17) is 4.42 Å². The molecule has 0 fully saturated rings. The Labute approximate surface area is 136 Å². The number of oxazole rings is 1. The number of carbonyl (C=O) groups is 2. The van der Waals surface area contributed by atoms with E-state index >= 15 is 0 Å². The normalized spacial score (nSPS) is 10.3. The number of amides is 2. The highest BCUT2D eigenvalue weighted by Crippen LogP contribution is 2.26. The average molecular weight is 339 g/mol. The van der Waals surface area contributed by atoms with Crippen molar-refractivity contribution in [1.29, 1.82) is 0 Å². The van der Waals surface area contributed by atoms with Crippen molar-refractivity contribution in [3.63, 3.8) is 0 Å². The van der Waals surface area contributed by atoms with Crippen molar-refractivity contribution < 1.29 is 27.5 Å². The van der Waals surface area contributed by atoms with E-state index in [2.05, 4.69) is 20.6 Å². The molecule has 2 amide bonds. The van der Waals surface area contributed by atoms with Crippen molar-refractivity contribution in [1.82, 2.24) is 15.8 Å². The maximum Gasteiger partial charge on any atom is 0.426 e. The summed E-state index contributed by atoms with van der Waals surface area (Å²) in [4.78, 5) is 26.4. The molecule has 0 aliphatic carbocycles. The van der Waals surface area contributed by atoms with Crippen LogP contribution < -0.4 is 10.9 Å². The van der Waals surface area contributed by atoms with Crippen LogP contribution in [0.25, 0.3) is 11.3 Å². The molecule has 24 heavy (non-hydrogen) atoms. The second-order valence-corrected chi connectivity index (χ2v) is 4.61. The van der Waals surface area contributed by atoms with Gasteiger partial charge in [0.15, 0.2) is 11.7 Å². The molecule has 0 unspecified atom stereocenters. The van der Waals surface area contributed by atoms with Gasteiger partial charge in [0, 0.05) is 12.8 Å². The maximum absolute atomic E-state index is 13.7. The fraction of sp³-hybridized carbons (Fsp3) is 0.267. The summed E-state index contributed by atoms with van der Waals surface area (Å²) in [6.07, 6.45) is 0.448. The predicted octanol–water partition coefficient (Wildman–Crippen LogP) is 2.33. The number of rotatable bonds is 5. The van der Waals surface area contributed by atoms with Crippen molar-refractivity contribution in [2.45, 2.75) is 19.8 Å². The minimum absolute atomic E-state index is 0.0495. The zero-order valence-corrected chi connectivity index (χ0v) is 12.8. The second kappa shape index (κ2) is 8.04. The number of nitrogens with zero attached hydrogens (tertiary/aromatic N) is 1. The molecule has 128 valence electrons. The number of halogens is 2. The van der Waals surface area contributed by atoms with Crippen molar-refractivity contribution in [2.75, 3.05) is 6.61 Å². The molecule has 2 aromatic rings. The number of aryl methyl sites for hydroxylation is 1. The number of hydrazine groups is 1. The minimum Gasteiger partial charge on any atom is -0.449 e. The first-order valence-corrected chi connectivity index (χ1v) is 7.12. The van der Waals surface area contributed by atoms with E-state index in [9.17, 15) is 18.4 Å². The highest BCUT2D eigenvalue weighted by atomic mass is 19.1. The van der Waals surface area contributed by atoms with Crippen LogP contribution in [0.2, 0.25) is 0 Å². The van der Waals surface area contributed by atoms with Crippen LogP contribution in [-0.2, 0) is 16.0 Å². The fourth-order valence-corrected chi connectivity index (χ4v) is 1.85. The van der Waals surface area contributed by atoms with Crippen LogP contribution in [0, 0.1) is 11.6 Å². The number of ether oxygens (including phenoxy) is 1. The van der Waals surface area contributed by atoms with Crippen LogP contribution in [0.1, 0.15) is 19.2 Å². The van der Waals surface area contributed by atoms with Crippen molar-refractivity contribution in [3.05, 3.63) is 41.9 Å². The molecule has 0 saturated carbocycles. The molecule has 0 radical (unpaired) electrons. The zero-order valence-electron chi connectivity index (χ0n) is 12.8. The Kier molecular flexibility index (Phi) is 5.83. The third-order valence-electron chi connectivity index (χ3n) is 2.91. The molecule has 0 atom stereocenters. The number of hydrogen-bond donors (Lipinski definition) is 2. The van der Waals surface area contributed by atoms with Crippen LogP contribution in [0.3, 0.4) is 0 Å². The van der Waals surface area contributed by atoms with Gasteiger partial charge >= 0.3 is 6.09 Å². The smallest absolute Gasteiger partial charge is 0.426 e. The van der Waals surface area contributed by atoms with Crippen LogP contribution in [0.4, 0.5) is 13.6 Å². The van der Waals surface area contributed by atoms with Crippen LogP contribution >= 0.6 is 0 Å². The minimum atomic E-state index is -0.778. The quantitative estimate of drug-likeness (QED) is 0.816. The second-order valence-electron chi connectivity index (χ2n) is 4.61. The first kappa shape index (κ1) is 17.4. The van der Waals surface area contributed by atoms with Crippen molar-refractivity contribution in [3.8, 4) is 11.3 Å². The Balaban J connectivity index is 1.90. The molecule has 0 bridgehead atoms. The molecule has 1 aromatic heterocycles. The summed E-state index contributed by atoms with van der Waals surface area (Å²) in [7, 11) is 0.